The lowest BCUT2D eigenvalue weighted by Gasteiger charge is -1.98. The average molecular weight is 272 g/mol. The fourth-order valence-electron chi connectivity index (χ4n) is 2.07. The Hall–Kier alpha value is -2.01. The topological polar surface area (TPSA) is 38.8 Å². The predicted molar refractivity (Wildman–Crippen MR) is 73.8 cm³/mol. The molecule has 0 fully saturated rings. The third-order valence-corrected chi connectivity index (χ3v) is 4.27. The molecule has 5 heteroatoms. The number of hydrogen-bond acceptors (Lipinski definition) is 2. The van der Waals surface area contributed by atoms with Crippen molar-refractivity contribution in [2.24, 2.45) is 7.05 Å². The molecule has 4 nitrogen and oxygen atoms in total. The molecular weight excluding hydrogens is 258 g/mol. The van der Waals surface area contributed by atoms with Crippen molar-refractivity contribution in [1.29, 1.82) is 0 Å². The molecule has 2 aromatic carbocycles. The van der Waals surface area contributed by atoms with Gasteiger partial charge in [-0.25, -0.2) is 0 Å². The van der Waals surface area contributed by atoms with Crippen molar-refractivity contribution in [3.8, 4) is 0 Å². The van der Waals surface area contributed by atoms with Gasteiger partial charge in [0.05, 0.1) is 16.0 Å². The summed E-state index contributed by atoms with van der Waals surface area (Å²) in [6.45, 7) is 0. The van der Waals surface area contributed by atoms with Crippen LogP contribution in [0.1, 0.15) is 0 Å². The summed E-state index contributed by atoms with van der Waals surface area (Å²) in [4.78, 5) is 0.824. The van der Waals surface area contributed by atoms with Gasteiger partial charge in [-0.2, -0.15) is 0 Å². The fourth-order valence-corrected chi connectivity index (χ4v) is 3.09. The van der Waals surface area contributed by atoms with E-state index in [0.29, 0.717) is 5.88 Å². The summed E-state index contributed by atoms with van der Waals surface area (Å²) in [5, 5.41) is 4.40. The molecule has 1 aromatic heterocycles. The summed E-state index contributed by atoms with van der Waals surface area (Å²) in [5.41, 5.74) is 2.03. The van der Waals surface area contributed by atoms with Crippen LogP contribution >= 0.6 is 0 Å². The molecule has 0 N–H and O–H groups in total. The molecule has 1 heterocycles. The summed E-state index contributed by atoms with van der Waals surface area (Å²) >= 11 is 0. The highest BCUT2D eigenvalue weighted by molar-refractivity contribution is 7.84. The molecule has 96 valence electrons. The average Bonchev–Trinajstić information content (AvgIpc) is 2.77. The Balaban J connectivity index is 1.96. The molecule has 0 aliphatic heterocycles. The Bertz CT molecular complexity index is 737. The minimum absolute atomic E-state index is 0.366. The van der Waals surface area contributed by atoms with E-state index in [1.54, 1.807) is 9.36 Å². The molecule has 1 unspecified atom stereocenters. The minimum Gasteiger partial charge on any atom is -0.250 e. The number of para-hydroxylation sites is 2. The van der Waals surface area contributed by atoms with Crippen LogP contribution in [0.5, 0.6) is 0 Å². The Morgan fingerprint density at radius 3 is 2.58 bits per heavy atom. The van der Waals surface area contributed by atoms with E-state index in [0.717, 1.165) is 15.9 Å². The lowest BCUT2D eigenvalue weighted by Crippen LogP contribution is -2.31. The molecule has 3 aromatic rings. The first-order chi connectivity index (χ1) is 9.25. The molecule has 0 saturated carbocycles. The van der Waals surface area contributed by atoms with Gasteiger partial charge in [-0.3, -0.25) is 4.21 Å². The molecule has 0 saturated heterocycles. The van der Waals surface area contributed by atoms with Crippen molar-refractivity contribution in [3.63, 3.8) is 0 Å². The van der Waals surface area contributed by atoms with Crippen molar-refractivity contribution in [1.82, 2.24) is 9.90 Å². The van der Waals surface area contributed by atoms with Crippen molar-refractivity contribution < 1.29 is 8.89 Å². The van der Waals surface area contributed by atoms with Crippen LogP contribution in [0.3, 0.4) is 0 Å². The molecule has 0 radical (unpaired) electrons. The molecule has 19 heavy (non-hydrogen) atoms. The van der Waals surface area contributed by atoms with E-state index in [1.807, 2.05) is 61.6 Å². The Morgan fingerprint density at radius 2 is 1.79 bits per heavy atom. The van der Waals surface area contributed by atoms with Crippen LogP contribution in [0, 0.1) is 0 Å². The lowest BCUT2D eigenvalue weighted by molar-refractivity contribution is -0.709. The Kier molecular flexibility index (Phi) is 3.13. The fraction of sp³-hybridized carbons (Fsp3) is 0.143. The predicted octanol–water partition coefficient (Wildman–Crippen LogP) is 1.63. The van der Waals surface area contributed by atoms with Gasteiger partial charge in [0.1, 0.15) is 7.05 Å². The summed E-state index contributed by atoms with van der Waals surface area (Å²) < 4.78 is 15.9. The van der Waals surface area contributed by atoms with Gasteiger partial charge in [-0.15, -0.1) is 9.36 Å². The lowest BCUT2D eigenvalue weighted by atomic mass is 10.3. The summed E-state index contributed by atoms with van der Waals surface area (Å²) in [6.07, 6.45) is 0. The number of aryl methyl sites for hydroxylation is 1. The maximum absolute atomic E-state index is 12.3. The highest BCUT2D eigenvalue weighted by atomic mass is 32.2. The van der Waals surface area contributed by atoms with E-state index in [-0.39, 0.29) is 0 Å². The van der Waals surface area contributed by atoms with Crippen LogP contribution in [0.25, 0.3) is 11.0 Å². The standard InChI is InChI=1S/C14H14N3OS/c1-16-13-9-5-6-10-14(13)17(15-16)11-19(18)12-7-3-2-4-8-12/h2-10H,11H2,1H3/q+1. The van der Waals surface area contributed by atoms with Crippen LogP contribution < -0.4 is 4.68 Å². The normalized spacial score (nSPS) is 12.7. The van der Waals surface area contributed by atoms with Crippen LogP contribution in [0.4, 0.5) is 0 Å². The second kappa shape index (κ2) is 4.93. The van der Waals surface area contributed by atoms with Crippen LogP contribution in [-0.4, -0.2) is 14.1 Å². The van der Waals surface area contributed by atoms with Gasteiger partial charge in [0, 0.05) is 4.90 Å². The van der Waals surface area contributed by atoms with Gasteiger partial charge in [-0.05, 0) is 24.3 Å². The van der Waals surface area contributed by atoms with Gasteiger partial charge in [0.15, 0.2) is 16.9 Å². The molecule has 0 amide bonds. The van der Waals surface area contributed by atoms with Gasteiger partial charge in [-0.1, -0.05) is 30.3 Å². The third-order valence-electron chi connectivity index (χ3n) is 3.00. The summed E-state index contributed by atoms with van der Waals surface area (Å²) in [5.74, 6) is 0.366. The molecule has 0 aliphatic rings. The quantitative estimate of drug-likeness (QED) is 0.680. The first-order valence-corrected chi connectivity index (χ1v) is 7.33. The number of rotatable bonds is 3. The van der Waals surface area contributed by atoms with E-state index in [2.05, 4.69) is 5.21 Å². The molecular formula is C14H14N3OS+. The van der Waals surface area contributed by atoms with Crippen molar-refractivity contribution in [3.05, 3.63) is 54.6 Å². The van der Waals surface area contributed by atoms with E-state index in [1.165, 1.54) is 0 Å². The number of aromatic nitrogens is 3. The second-order valence-corrected chi connectivity index (χ2v) is 5.71. The van der Waals surface area contributed by atoms with Crippen molar-refractivity contribution >= 4 is 21.8 Å². The zero-order chi connectivity index (χ0) is 13.2. The van der Waals surface area contributed by atoms with Crippen molar-refractivity contribution in [2.75, 3.05) is 0 Å². The summed E-state index contributed by atoms with van der Waals surface area (Å²) in [7, 11) is 0.803. The largest absolute Gasteiger partial charge is 0.250 e. The number of hydrogen-bond donors (Lipinski definition) is 0. The molecule has 0 aliphatic carbocycles. The molecule has 0 spiro atoms. The van der Waals surface area contributed by atoms with Gasteiger partial charge < -0.3 is 0 Å². The third kappa shape index (κ3) is 2.29. The van der Waals surface area contributed by atoms with Crippen LogP contribution in [-0.2, 0) is 23.7 Å². The smallest absolute Gasteiger partial charge is 0.199 e. The highest BCUT2D eigenvalue weighted by Crippen LogP contribution is 2.12. The molecule has 3 rings (SSSR count). The number of nitrogens with zero attached hydrogens (tertiary/aromatic N) is 3. The van der Waals surface area contributed by atoms with E-state index in [4.69, 9.17) is 0 Å². The zero-order valence-electron chi connectivity index (χ0n) is 10.6. The molecule has 1 atom stereocenters. The Morgan fingerprint density at radius 1 is 1.11 bits per heavy atom. The number of fused-ring (bicyclic) bond motifs is 1. The summed E-state index contributed by atoms with van der Waals surface area (Å²) in [6, 6.07) is 17.4. The van der Waals surface area contributed by atoms with Gasteiger partial charge in [0.2, 0.25) is 0 Å². The second-order valence-electron chi connectivity index (χ2n) is 4.29. The maximum Gasteiger partial charge on any atom is 0.199 e. The monoisotopic (exact) mass is 272 g/mol. The minimum atomic E-state index is -1.09. The maximum atomic E-state index is 12.3. The number of benzene rings is 2. The zero-order valence-corrected chi connectivity index (χ0v) is 11.4. The molecule has 0 bridgehead atoms. The SMILES string of the molecule is C[n+]1nn(CS(=O)c2ccccc2)c2ccccc21. The van der Waals surface area contributed by atoms with E-state index >= 15 is 0 Å². The van der Waals surface area contributed by atoms with Crippen molar-refractivity contribution in [2.45, 2.75) is 10.8 Å². The highest BCUT2D eigenvalue weighted by Gasteiger charge is 2.17. The Labute approximate surface area is 113 Å². The van der Waals surface area contributed by atoms with E-state index in [9.17, 15) is 4.21 Å². The van der Waals surface area contributed by atoms with Gasteiger partial charge >= 0.3 is 0 Å². The van der Waals surface area contributed by atoms with Crippen LogP contribution in [0.2, 0.25) is 0 Å². The van der Waals surface area contributed by atoms with Gasteiger partial charge in [0.25, 0.3) is 0 Å². The van der Waals surface area contributed by atoms with E-state index < -0.39 is 10.8 Å². The first-order valence-electron chi connectivity index (χ1n) is 6.01. The van der Waals surface area contributed by atoms with Crippen LogP contribution in [0.15, 0.2) is 59.5 Å². The first kappa shape index (κ1) is 12.0.